The summed E-state index contributed by atoms with van der Waals surface area (Å²) in [5, 5.41) is 0. The summed E-state index contributed by atoms with van der Waals surface area (Å²) in [6.07, 6.45) is 0.758. The fourth-order valence-corrected chi connectivity index (χ4v) is 1.86. The molecule has 1 aliphatic heterocycles. The summed E-state index contributed by atoms with van der Waals surface area (Å²) in [5.41, 5.74) is 0.377. The molecule has 2 rings (SSSR count). The van der Waals surface area contributed by atoms with Crippen LogP contribution in [0.4, 0.5) is 18.9 Å². The molecule has 0 aromatic carbocycles. The summed E-state index contributed by atoms with van der Waals surface area (Å²) in [4.78, 5) is 5.49. The highest BCUT2D eigenvalue weighted by Gasteiger charge is 2.20. The average Bonchev–Trinajstić information content (AvgIpc) is 2.81. The van der Waals surface area contributed by atoms with Crippen LogP contribution < -0.4 is 9.64 Å². The van der Waals surface area contributed by atoms with E-state index in [9.17, 15) is 13.2 Å². The Kier molecular flexibility index (Phi) is 3.71. The lowest BCUT2D eigenvalue weighted by atomic mass is 10.3. The van der Waals surface area contributed by atoms with Crippen molar-refractivity contribution in [1.82, 2.24) is 4.98 Å². The van der Waals surface area contributed by atoms with Gasteiger partial charge in [0.1, 0.15) is 0 Å². The number of aromatic nitrogens is 1. The summed E-state index contributed by atoms with van der Waals surface area (Å²) >= 11 is 0. The topological polar surface area (TPSA) is 25.4 Å². The Morgan fingerprint density at radius 3 is 2.71 bits per heavy atom. The van der Waals surface area contributed by atoms with E-state index in [0.717, 1.165) is 25.9 Å². The van der Waals surface area contributed by atoms with E-state index in [2.05, 4.69) is 9.72 Å². The molecule has 1 aliphatic rings. The van der Waals surface area contributed by atoms with Crippen molar-refractivity contribution in [3.8, 4) is 5.88 Å². The smallest absolute Gasteiger partial charge is 0.272 e. The van der Waals surface area contributed by atoms with Crippen LogP contribution in [0.25, 0.3) is 0 Å². The molecule has 0 bridgehead atoms. The monoisotopic (exact) mass is 246 g/mol. The van der Waals surface area contributed by atoms with Crippen molar-refractivity contribution in [2.75, 3.05) is 24.6 Å². The molecule has 0 unspecified atom stereocenters. The summed E-state index contributed by atoms with van der Waals surface area (Å²) < 4.78 is 42.5. The van der Waals surface area contributed by atoms with Gasteiger partial charge in [-0.05, 0) is 18.9 Å². The van der Waals surface area contributed by atoms with E-state index in [1.165, 1.54) is 12.3 Å². The van der Waals surface area contributed by atoms with Gasteiger partial charge in [-0.1, -0.05) is 0 Å². The minimum Gasteiger partial charge on any atom is -0.469 e. The second-order valence-electron chi connectivity index (χ2n) is 3.85. The van der Waals surface area contributed by atoms with E-state index in [1.54, 1.807) is 0 Å². The van der Waals surface area contributed by atoms with Gasteiger partial charge in [-0.25, -0.2) is 13.8 Å². The Morgan fingerprint density at radius 1 is 1.35 bits per heavy atom. The third kappa shape index (κ3) is 2.81. The first-order valence-corrected chi connectivity index (χ1v) is 5.49. The molecule has 1 aromatic rings. The molecule has 6 heteroatoms. The fourth-order valence-electron chi connectivity index (χ4n) is 1.86. The minimum atomic E-state index is -2.63. The quantitative estimate of drug-likeness (QED) is 0.816. The SMILES string of the molecule is Fc1c(N2CCCC2)ccnc1OCC(F)F. The number of halogens is 3. The lowest BCUT2D eigenvalue weighted by molar-refractivity contribution is 0.0774. The standard InChI is InChI=1S/C11H13F3N2O/c12-9(13)7-17-11-10(14)8(3-4-15-11)16-5-1-2-6-16/h3-4,9H,1-2,5-7H2. The van der Waals surface area contributed by atoms with E-state index in [-0.39, 0.29) is 5.88 Å². The maximum absolute atomic E-state index is 13.9. The van der Waals surface area contributed by atoms with Crippen LogP contribution in [0.1, 0.15) is 12.8 Å². The summed E-state index contributed by atoms with van der Waals surface area (Å²) in [6, 6.07) is 1.54. The lowest BCUT2D eigenvalue weighted by Gasteiger charge is -2.19. The summed E-state index contributed by atoms with van der Waals surface area (Å²) in [5.74, 6) is -1.01. The molecule has 2 heterocycles. The van der Waals surface area contributed by atoms with Crippen molar-refractivity contribution in [1.29, 1.82) is 0 Å². The Labute approximate surface area is 97.2 Å². The summed E-state index contributed by atoms with van der Waals surface area (Å²) in [7, 11) is 0. The number of hydrogen-bond donors (Lipinski definition) is 0. The molecule has 94 valence electrons. The van der Waals surface area contributed by atoms with Gasteiger partial charge in [0, 0.05) is 19.3 Å². The molecule has 0 aliphatic carbocycles. The fraction of sp³-hybridized carbons (Fsp3) is 0.545. The number of hydrogen-bond acceptors (Lipinski definition) is 3. The lowest BCUT2D eigenvalue weighted by Crippen LogP contribution is -2.20. The van der Waals surface area contributed by atoms with Gasteiger partial charge >= 0.3 is 0 Å². The van der Waals surface area contributed by atoms with Crippen LogP contribution in [0, 0.1) is 5.82 Å². The molecule has 1 aromatic heterocycles. The molecule has 0 spiro atoms. The minimum absolute atomic E-state index is 0.352. The normalized spacial score (nSPS) is 15.6. The van der Waals surface area contributed by atoms with Crippen LogP contribution >= 0.6 is 0 Å². The molecule has 3 nitrogen and oxygen atoms in total. The van der Waals surface area contributed by atoms with Gasteiger partial charge in [-0.2, -0.15) is 4.39 Å². The van der Waals surface area contributed by atoms with Crippen molar-refractivity contribution in [3.63, 3.8) is 0 Å². The number of ether oxygens (including phenoxy) is 1. The summed E-state index contributed by atoms with van der Waals surface area (Å²) in [6.45, 7) is 0.706. The van der Waals surface area contributed by atoms with Crippen LogP contribution in [0.15, 0.2) is 12.3 Å². The number of anilines is 1. The van der Waals surface area contributed by atoms with Crippen LogP contribution in [-0.4, -0.2) is 31.1 Å². The molecule has 0 saturated carbocycles. The van der Waals surface area contributed by atoms with Crippen LogP contribution in [0.3, 0.4) is 0 Å². The van der Waals surface area contributed by atoms with E-state index in [1.807, 2.05) is 4.90 Å². The maximum Gasteiger partial charge on any atom is 0.272 e. The van der Waals surface area contributed by atoms with Crippen LogP contribution in [0.2, 0.25) is 0 Å². The highest BCUT2D eigenvalue weighted by molar-refractivity contribution is 5.50. The van der Waals surface area contributed by atoms with Gasteiger partial charge in [0.15, 0.2) is 6.61 Å². The van der Waals surface area contributed by atoms with Gasteiger partial charge in [0.25, 0.3) is 12.3 Å². The number of rotatable bonds is 4. The number of pyridine rings is 1. The molecule has 1 fully saturated rings. The second-order valence-corrected chi connectivity index (χ2v) is 3.85. The van der Waals surface area contributed by atoms with E-state index < -0.39 is 18.8 Å². The average molecular weight is 246 g/mol. The first-order chi connectivity index (χ1) is 8.18. The zero-order valence-corrected chi connectivity index (χ0v) is 9.20. The highest BCUT2D eigenvalue weighted by Crippen LogP contribution is 2.28. The molecule has 0 radical (unpaired) electrons. The zero-order chi connectivity index (χ0) is 12.3. The van der Waals surface area contributed by atoms with Crippen molar-refractivity contribution in [3.05, 3.63) is 18.1 Å². The van der Waals surface area contributed by atoms with Gasteiger partial charge in [-0.3, -0.25) is 0 Å². The van der Waals surface area contributed by atoms with Crippen molar-refractivity contribution in [2.24, 2.45) is 0 Å². The highest BCUT2D eigenvalue weighted by atomic mass is 19.3. The van der Waals surface area contributed by atoms with Crippen molar-refractivity contribution >= 4 is 5.69 Å². The largest absolute Gasteiger partial charge is 0.469 e. The molecule has 0 atom stereocenters. The van der Waals surface area contributed by atoms with E-state index in [4.69, 9.17) is 0 Å². The van der Waals surface area contributed by atoms with E-state index in [0.29, 0.717) is 5.69 Å². The molecule has 0 amide bonds. The van der Waals surface area contributed by atoms with Crippen LogP contribution in [-0.2, 0) is 0 Å². The molecule has 17 heavy (non-hydrogen) atoms. The maximum atomic E-state index is 13.9. The predicted molar refractivity (Wildman–Crippen MR) is 57.1 cm³/mol. The first-order valence-electron chi connectivity index (χ1n) is 5.49. The zero-order valence-electron chi connectivity index (χ0n) is 9.20. The molecule has 1 saturated heterocycles. The molecular formula is C11H13F3N2O. The number of alkyl halides is 2. The van der Waals surface area contributed by atoms with Crippen molar-refractivity contribution < 1.29 is 17.9 Å². The number of nitrogens with zero attached hydrogens (tertiary/aromatic N) is 2. The van der Waals surface area contributed by atoms with Gasteiger partial charge in [0.05, 0.1) is 5.69 Å². The third-order valence-corrected chi connectivity index (χ3v) is 2.63. The van der Waals surface area contributed by atoms with Crippen molar-refractivity contribution in [2.45, 2.75) is 19.3 Å². The molecule has 0 N–H and O–H groups in total. The van der Waals surface area contributed by atoms with Gasteiger partial charge in [-0.15, -0.1) is 0 Å². The molecular weight excluding hydrogens is 233 g/mol. The Bertz CT molecular complexity index is 381. The van der Waals surface area contributed by atoms with Gasteiger partial charge < -0.3 is 9.64 Å². The van der Waals surface area contributed by atoms with Crippen LogP contribution in [0.5, 0.6) is 5.88 Å². The van der Waals surface area contributed by atoms with Gasteiger partial charge in [0.2, 0.25) is 5.82 Å². The van der Waals surface area contributed by atoms with E-state index >= 15 is 0 Å². The first kappa shape index (κ1) is 12.0. The Hall–Kier alpha value is -1.46. The second kappa shape index (κ2) is 5.25. The Morgan fingerprint density at radius 2 is 2.06 bits per heavy atom. The third-order valence-electron chi connectivity index (χ3n) is 2.63. The predicted octanol–water partition coefficient (Wildman–Crippen LogP) is 2.46. The Balaban J connectivity index is 2.14.